The second-order valence-corrected chi connectivity index (χ2v) is 5.88. The number of urea groups is 1. The topological polar surface area (TPSA) is 81.7 Å². The van der Waals surface area contributed by atoms with Crippen molar-refractivity contribution in [1.29, 1.82) is 0 Å². The summed E-state index contributed by atoms with van der Waals surface area (Å²) in [4.78, 5) is 25.3. The first-order chi connectivity index (χ1) is 10.1. The van der Waals surface area contributed by atoms with Crippen LogP contribution in [0.3, 0.4) is 0 Å². The molecule has 0 bridgehead atoms. The lowest BCUT2D eigenvalue weighted by molar-refractivity contribution is -0.120. The molecule has 6 nitrogen and oxygen atoms in total. The summed E-state index contributed by atoms with van der Waals surface area (Å²) in [6.45, 7) is 1.22. The normalized spacial score (nSPS) is 16.0. The fraction of sp³-hybridized carbons (Fsp3) is 0.867. The molecule has 0 aromatic rings. The standard InChI is InChI=1S/C15H29N3O3/c1-18(10-6-3-7-11-19)12-14(20)17-15(21)16-13-8-4-2-5-9-13/h13,19H,2-12H2,1H3,(H2,16,17,20,21). The van der Waals surface area contributed by atoms with Gasteiger partial charge in [-0.25, -0.2) is 4.79 Å². The molecule has 0 aromatic carbocycles. The van der Waals surface area contributed by atoms with Crippen molar-refractivity contribution in [3.8, 4) is 0 Å². The van der Waals surface area contributed by atoms with Gasteiger partial charge in [0.2, 0.25) is 5.91 Å². The highest BCUT2D eigenvalue weighted by Crippen LogP contribution is 2.17. The average molecular weight is 299 g/mol. The zero-order valence-corrected chi connectivity index (χ0v) is 13.1. The number of nitrogens with zero attached hydrogens (tertiary/aromatic N) is 1. The molecular formula is C15H29N3O3. The molecule has 0 radical (unpaired) electrons. The van der Waals surface area contributed by atoms with Crippen LogP contribution in [-0.4, -0.2) is 54.7 Å². The fourth-order valence-corrected chi connectivity index (χ4v) is 2.63. The number of hydrogen-bond donors (Lipinski definition) is 3. The van der Waals surface area contributed by atoms with Crippen molar-refractivity contribution in [3.63, 3.8) is 0 Å². The molecule has 3 amide bonds. The van der Waals surface area contributed by atoms with Crippen molar-refractivity contribution >= 4 is 11.9 Å². The van der Waals surface area contributed by atoms with Crippen LogP contribution >= 0.6 is 0 Å². The van der Waals surface area contributed by atoms with Crippen molar-refractivity contribution in [1.82, 2.24) is 15.5 Å². The van der Waals surface area contributed by atoms with Gasteiger partial charge in [-0.15, -0.1) is 0 Å². The highest BCUT2D eigenvalue weighted by atomic mass is 16.3. The number of aliphatic hydroxyl groups is 1. The van der Waals surface area contributed by atoms with Crippen LogP contribution in [-0.2, 0) is 4.79 Å². The molecular weight excluding hydrogens is 270 g/mol. The smallest absolute Gasteiger partial charge is 0.321 e. The van der Waals surface area contributed by atoms with Gasteiger partial charge in [0.25, 0.3) is 0 Å². The maximum absolute atomic E-state index is 11.7. The van der Waals surface area contributed by atoms with Crippen molar-refractivity contribution in [2.75, 3.05) is 26.7 Å². The number of amides is 3. The van der Waals surface area contributed by atoms with E-state index in [0.29, 0.717) is 0 Å². The molecule has 0 atom stereocenters. The number of nitrogens with one attached hydrogen (secondary N) is 2. The van der Waals surface area contributed by atoms with E-state index >= 15 is 0 Å². The molecule has 1 rings (SSSR count). The predicted molar refractivity (Wildman–Crippen MR) is 82.0 cm³/mol. The van der Waals surface area contributed by atoms with Gasteiger partial charge in [-0.1, -0.05) is 19.3 Å². The summed E-state index contributed by atoms with van der Waals surface area (Å²) in [6.07, 6.45) is 8.23. The molecule has 6 heteroatoms. The maximum atomic E-state index is 11.7. The van der Waals surface area contributed by atoms with Crippen LogP contribution in [0, 0.1) is 0 Å². The number of carbonyl (C=O) groups is 2. The minimum atomic E-state index is -0.374. The number of unbranched alkanes of at least 4 members (excludes halogenated alkanes) is 2. The zero-order chi connectivity index (χ0) is 15.5. The van der Waals surface area contributed by atoms with Gasteiger partial charge in [-0.05, 0) is 45.7 Å². The Bertz CT molecular complexity index is 317. The van der Waals surface area contributed by atoms with Crippen LogP contribution in [0.15, 0.2) is 0 Å². The number of carbonyl (C=O) groups excluding carboxylic acids is 2. The summed E-state index contributed by atoms with van der Waals surface area (Å²) < 4.78 is 0. The van der Waals surface area contributed by atoms with Gasteiger partial charge >= 0.3 is 6.03 Å². The predicted octanol–water partition coefficient (Wildman–Crippen LogP) is 1.24. The van der Waals surface area contributed by atoms with Crippen LogP contribution in [0.4, 0.5) is 4.79 Å². The van der Waals surface area contributed by atoms with Gasteiger partial charge in [0, 0.05) is 12.6 Å². The van der Waals surface area contributed by atoms with Gasteiger partial charge in [0.1, 0.15) is 0 Å². The Morgan fingerprint density at radius 1 is 1.14 bits per heavy atom. The van der Waals surface area contributed by atoms with E-state index in [1.165, 1.54) is 6.42 Å². The van der Waals surface area contributed by atoms with E-state index < -0.39 is 0 Å². The SMILES string of the molecule is CN(CCCCCO)CC(=O)NC(=O)NC1CCCCC1. The second kappa shape index (κ2) is 10.6. The molecule has 0 aliphatic heterocycles. The van der Waals surface area contributed by atoms with Crippen LogP contribution < -0.4 is 10.6 Å². The number of likely N-dealkylation sites (N-methyl/N-ethyl adjacent to an activating group) is 1. The molecule has 0 spiro atoms. The van der Waals surface area contributed by atoms with Crippen LogP contribution in [0.25, 0.3) is 0 Å². The number of imide groups is 1. The third kappa shape index (κ3) is 8.67. The Morgan fingerprint density at radius 3 is 2.52 bits per heavy atom. The molecule has 1 fully saturated rings. The number of hydrogen-bond acceptors (Lipinski definition) is 4. The van der Waals surface area contributed by atoms with E-state index in [0.717, 1.165) is 51.5 Å². The van der Waals surface area contributed by atoms with Gasteiger partial charge < -0.3 is 10.4 Å². The first-order valence-corrected chi connectivity index (χ1v) is 8.01. The molecule has 0 heterocycles. The first kappa shape index (κ1) is 17.9. The molecule has 1 aliphatic rings. The van der Waals surface area contributed by atoms with E-state index in [2.05, 4.69) is 10.6 Å². The van der Waals surface area contributed by atoms with Crippen LogP contribution in [0.2, 0.25) is 0 Å². The van der Waals surface area contributed by atoms with Crippen molar-refractivity contribution in [2.24, 2.45) is 0 Å². The molecule has 3 N–H and O–H groups in total. The molecule has 122 valence electrons. The minimum Gasteiger partial charge on any atom is -0.396 e. The third-order valence-corrected chi connectivity index (χ3v) is 3.80. The highest BCUT2D eigenvalue weighted by molar-refractivity contribution is 5.95. The Hall–Kier alpha value is -1.14. The highest BCUT2D eigenvalue weighted by Gasteiger charge is 2.17. The van der Waals surface area contributed by atoms with Crippen molar-refractivity contribution < 1.29 is 14.7 Å². The average Bonchev–Trinajstić information content (AvgIpc) is 2.44. The molecule has 0 aromatic heterocycles. The maximum Gasteiger partial charge on any atom is 0.321 e. The summed E-state index contributed by atoms with van der Waals surface area (Å²) in [6, 6.07) is -0.164. The third-order valence-electron chi connectivity index (χ3n) is 3.80. The summed E-state index contributed by atoms with van der Waals surface area (Å²) >= 11 is 0. The summed E-state index contributed by atoms with van der Waals surface area (Å²) in [5, 5.41) is 13.9. The summed E-state index contributed by atoms with van der Waals surface area (Å²) in [7, 11) is 1.86. The van der Waals surface area contributed by atoms with Gasteiger partial charge in [0.05, 0.1) is 6.54 Å². The lowest BCUT2D eigenvalue weighted by Gasteiger charge is -2.23. The first-order valence-electron chi connectivity index (χ1n) is 8.01. The summed E-state index contributed by atoms with van der Waals surface area (Å²) in [5.41, 5.74) is 0. The van der Waals surface area contributed by atoms with Gasteiger partial charge in [0.15, 0.2) is 0 Å². The molecule has 1 aliphatic carbocycles. The van der Waals surface area contributed by atoms with Crippen molar-refractivity contribution in [3.05, 3.63) is 0 Å². The van der Waals surface area contributed by atoms with E-state index in [4.69, 9.17) is 5.11 Å². The fourth-order valence-electron chi connectivity index (χ4n) is 2.63. The lowest BCUT2D eigenvalue weighted by Crippen LogP contribution is -2.47. The van der Waals surface area contributed by atoms with Crippen molar-refractivity contribution in [2.45, 2.75) is 57.4 Å². The van der Waals surface area contributed by atoms with E-state index in [-0.39, 0.29) is 31.1 Å². The molecule has 1 saturated carbocycles. The summed E-state index contributed by atoms with van der Waals surface area (Å²) in [5.74, 6) is -0.270. The number of aliphatic hydroxyl groups excluding tert-OH is 1. The number of rotatable bonds is 8. The van der Waals surface area contributed by atoms with E-state index in [1.807, 2.05) is 11.9 Å². The molecule has 0 saturated heterocycles. The quantitative estimate of drug-likeness (QED) is 0.589. The Kier molecular flexibility index (Phi) is 9.01. The molecule has 0 unspecified atom stereocenters. The second-order valence-electron chi connectivity index (χ2n) is 5.88. The monoisotopic (exact) mass is 299 g/mol. The lowest BCUT2D eigenvalue weighted by atomic mass is 9.96. The van der Waals surface area contributed by atoms with E-state index in [9.17, 15) is 9.59 Å². The van der Waals surface area contributed by atoms with E-state index in [1.54, 1.807) is 0 Å². The van der Waals surface area contributed by atoms with Crippen LogP contribution in [0.1, 0.15) is 51.4 Å². The van der Waals surface area contributed by atoms with Gasteiger partial charge in [-0.2, -0.15) is 0 Å². The Balaban J connectivity index is 2.12. The van der Waals surface area contributed by atoms with Gasteiger partial charge in [-0.3, -0.25) is 15.0 Å². The largest absolute Gasteiger partial charge is 0.396 e. The Morgan fingerprint density at radius 2 is 1.86 bits per heavy atom. The van der Waals surface area contributed by atoms with Crippen LogP contribution in [0.5, 0.6) is 0 Å². The minimum absolute atomic E-state index is 0.211. The Labute approximate surface area is 127 Å². The zero-order valence-electron chi connectivity index (χ0n) is 13.1. The molecule has 21 heavy (non-hydrogen) atoms.